The second-order valence-corrected chi connectivity index (χ2v) is 5.47. The molecule has 0 atom stereocenters. The molecule has 20 heavy (non-hydrogen) atoms. The van der Waals surface area contributed by atoms with Crippen molar-refractivity contribution >= 4 is 11.6 Å². The summed E-state index contributed by atoms with van der Waals surface area (Å²) in [5.41, 5.74) is 7.06. The summed E-state index contributed by atoms with van der Waals surface area (Å²) >= 11 is 0. The fourth-order valence-electron chi connectivity index (χ4n) is 1.54. The number of benzene rings is 1. The first-order valence-corrected chi connectivity index (χ1v) is 6.71. The number of anilines is 1. The Labute approximate surface area is 120 Å². The van der Waals surface area contributed by atoms with Crippen molar-refractivity contribution in [2.75, 3.05) is 25.1 Å². The summed E-state index contributed by atoms with van der Waals surface area (Å²) in [6.45, 7) is 7.26. The van der Waals surface area contributed by atoms with Gasteiger partial charge in [0, 0.05) is 12.2 Å². The van der Waals surface area contributed by atoms with Gasteiger partial charge in [0.05, 0.1) is 18.8 Å². The fraction of sp³-hybridized carbons (Fsp3) is 0.533. The van der Waals surface area contributed by atoms with Crippen molar-refractivity contribution in [3.05, 3.63) is 29.8 Å². The number of amides is 1. The normalized spacial score (nSPS) is 11.4. The van der Waals surface area contributed by atoms with Gasteiger partial charge in [-0.2, -0.15) is 0 Å². The Morgan fingerprint density at radius 2 is 2.05 bits per heavy atom. The highest BCUT2D eigenvalue weighted by Crippen LogP contribution is 2.10. The number of rotatable bonds is 7. The molecule has 0 aliphatic rings. The Kier molecular flexibility index (Phi) is 6.64. The van der Waals surface area contributed by atoms with Crippen LogP contribution in [0, 0.1) is 0 Å². The highest BCUT2D eigenvalue weighted by atomic mass is 16.5. The molecule has 5 nitrogen and oxygen atoms in total. The van der Waals surface area contributed by atoms with Gasteiger partial charge in [0.2, 0.25) is 5.91 Å². The van der Waals surface area contributed by atoms with Crippen LogP contribution < -0.4 is 11.1 Å². The molecular weight excluding hydrogens is 256 g/mol. The molecule has 0 fully saturated rings. The van der Waals surface area contributed by atoms with Crippen LogP contribution in [-0.2, 0) is 20.8 Å². The molecule has 1 aromatic rings. The van der Waals surface area contributed by atoms with Crippen LogP contribution in [0.25, 0.3) is 0 Å². The molecule has 0 radical (unpaired) electrons. The molecule has 1 aromatic carbocycles. The third kappa shape index (κ3) is 7.23. The smallest absolute Gasteiger partial charge is 0.250 e. The third-order valence-corrected chi connectivity index (χ3v) is 2.44. The monoisotopic (exact) mass is 280 g/mol. The van der Waals surface area contributed by atoms with Gasteiger partial charge in [0.25, 0.3) is 0 Å². The lowest BCUT2D eigenvalue weighted by atomic mass is 10.2. The van der Waals surface area contributed by atoms with Crippen LogP contribution in [0.15, 0.2) is 24.3 Å². The van der Waals surface area contributed by atoms with Gasteiger partial charge in [0.15, 0.2) is 0 Å². The summed E-state index contributed by atoms with van der Waals surface area (Å²) in [6.07, 6.45) is 0. The first-order valence-electron chi connectivity index (χ1n) is 6.71. The summed E-state index contributed by atoms with van der Waals surface area (Å²) in [7, 11) is 0. The van der Waals surface area contributed by atoms with Crippen molar-refractivity contribution in [3.8, 4) is 0 Å². The van der Waals surface area contributed by atoms with Gasteiger partial charge in [-0.1, -0.05) is 12.1 Å². The Hall–Kier alpha value is -1.43. The zero-order valence-electron chi connectivity index (χ0n) is 12.4. The maximum absolute atomic E-state index is 11.7. The minimum atomic E-state index is -0.186. The minimum Gasteiger partial charge on any atom is -0.373 e. The van der Waals surface area contributed by atoms with E-state index in [1.54, 1.807) is 0 Å². The number of nitrogens with two attached hydrogens (primary N) is 1. The lowest BCUT2D eigenvalue weighted by molar-refractivity contribution is -0.121. The molecular formula is C15H24N2O3. The number of nitrogens with one attached hydrogen (secondary N) is 1. The van der Waals surface area contributed by atoms with Crippen LogP contribution in [0.2, 0.25) is 0 Å². The van der Waals surface area contributed by atoms with Crippen molar-refractivity contribution in [2.24, 2.45) is 5.73 Å². The maximum Gasteiger partial charge on any atom is 0.250 e. The van der Waals surface area contributed by atoms with Crippen LogP contribution in [-0.4, -0.2) is 31.3 Å². The first-order chi connectivity index (χ1) is 9.40. The molecule has 0 unspecified atom stereocenters. The van der Waals surface area contributed by atoms with Gasteiger partial charge < -0.3 is 20.5 Å². The van der Waals surface area contributed by atoms with Gasteiger partial charge >= 0.3 is 0 Å². The minimum absolute atomic E-state index is 0.0142. The van der Waals surface area contributed by atoms with Gasteiger partial charge in [0.1, 0.15) is 6.61 Å². The Morgan fingerprint density at radius 1 is 1.30 bits per heavy atom. The number of carbonyl (C=O) groups excluding carboxylic acids is 1. The Bertz CT molecular complexity index is 427. The average molecular weight is 280 g/mol. The van der Waals surface area contributed by atoms with E-state index in [1.807, 2.05) is 45.0 Å². The maximum atomic E-state index is 11.7. The highest BCUT2D eigenvalue weighted by Gasteiger charge is 2.09. The van der Waals surface area contributed by atoms with E-state index in [4.69, 9.17) is 15.2 Å². The van der Waals surface area contributed by atoms with Crippen molar-refractivity contribution in [3.63, 3.8) is 0 Å². The molecule has 0 saturated carbocycles. The molecule has 3 N–H and O–H groups in total. The summed E-state index contributed by atoms with van der Waals surface area (Å²) in [6, 6.07) is 7.44. The quantitative estimate of drug-likeness (QED) is 0.748. The van der Waals surface area contributed by atoms with Crippen LogP contribution in [0.5, 0.6) is 0 Å². The van der Waals surface area contributed by atoms with E-state index in [0.717, 1.165) is 11.3 Å². The van der Waals surface area contributed by atoms with E-state index in [1.165, 1.54) is 0 Å². The average Bonchev–Trinajstić information content (AvgIpc) is 2.37. The number of carbonyl (C=O) groups is 1. The molecule has 0 heterocycles. The van der Waals surface area contributed by atoms with E-state index in [-0.39, 0.29) is 18.1 Å². The van der Waals surface area contributed by atoms with Gasteiger partial charge in [-0.3, -0.25) is 4.79 Å². The first kappa shape index (κ1) is 16.6. The predicted octanol–water partition coefficient (Wildman–Crippen LogP) is 1.92. The van der Waals surface area contributed by atoms with E-state index in [2.05, 4.69) is 5.32 Å². The Balaban J connectivity index is 2.23. The molecule has 0 spiro atoms. The molecule has 0 aliphatic heterocycles. The fourth-order valence-corrected chi connectivity index (χ4v) is 1.54. The zero-order chi connectivity index (χ0) is 15.0. The van der Waals surface area contributed by atoms with Crippen molar-refractivity contribution in [1.82, 2.24) is 0 Å². The molecule has 0 saturated heterocycles. The molecule has 1 amide bonds. The second kappa shape index (κ2) is 7.99. The summed E-state index contributed by atoms with van der Waals surface area (Å²) < 4.78 is 10.7. The standard InChI is InChI=1S/C15H24N2O3/c1-15(2,3)20-8-7-19-11-14(18)17-13-6-4-5-12(9-13)10-16/h4-6,9H,7-8,10-11,16H2,1-3H3,(H,17,18). The van der Waals surface area contributed by atoms with E-state index < -0.39 is 0 Å². The Morgan fingerprint density at radius 3 is 2.70 bits per heavy atom. The van der Waals surface area contributed by atoms with E-state index >= 15 is 0 Å². The molecule has 112 valence electrons. The van der Waals surface area contributed by atoms with Crippen molar-refractivity contribution < 1.29 is 14.3 Å². The van der Waals surface area contributed by atoms with Crippen LogP contribution >= 0.6 is 0 Å². The van der Waals surface area contributed by atoms with Crippen LogP contribution in [0.3, 0.4) is 0 Å². The molecule has 5 heteroatoms. The second-order valence-electron chi connectivity index (χ2n) is 5.47. The summed E-state index contributed by atoms with van der Waals surface area (Å²) in [5.74, 6) is -0.185. The zero-order valence-corrected chi connectivity index (χ0v) is 12.4. The SMILES string of the molecule is CC(C)(C)OCCOCC(=O)Nc1cccc(CN)c1. The van der Waals surface area contributed by atoms with Gasteiger partial charge in [-0.25, -0.2) is 0 Å². The highest BCUT2D eigenvalue weighted by molar-refractivity contribution is 5.91. The van der Waals surface area contributed by atoms with Crippen molar-refractivity contribution in [1.29, 1.82) is 0 Å². The lowest BCUT2D eigenvalue weighted by Crippen LogP contribution is -2.24. The topological polar surface area (TPSA) is 73.6 Å². The summed E-state index contributed by atoms with van der Waals surface area (Å²) in [4.78, 5) is 11.7. The van der Waals surface area contributed by atoms with Gasteiger partial charge in [-0.05, 0) is 38.5 Å². The molecule has 0 bridgehead atoms. The van der Waals surface area contributed by atoms with Gasteiger partial charge in [-0.15, -0.1) is 0 Å². The largest absolute Gasteiger partial charge is 0.373 e. The third-order valence-electron chi connectivity index (χ3n) is 2.44. The molecule has 0 aliphatic carbocycles. The molecule has 0 aromatic heterocycles. The lowest BCUT2D eigenvalue weighted by Gasteiger charge is -2.19. The number of hydrogen-bond acceptors (Lipinski definition) is 4. The number of hydrogen-bond donors (Lipinski definition) is 2. The summed E-state index contributed by atoms with van der Waals surface area (Å²) in [5, 5.41) is 2.76. The molecule has 1 rings (SSSR count). The van der Waals surface area contributed by atoms with Crippen LogP contribution in [0.4, 0.5) is 5.69 Å². The van der Waals surface area contributed by atoms with E-state index in [9.17, 15) is 4.79 Å². The van der Waals surface area contributed by atoms with Crippen molar-refractivity contribution in [2.45, 2.75) is 32.9 Å². The number of ether oxygens (including phenoxy) is 2. The predicted molar refractivity (Wildman–Crippen MR) is 79.5 cm³/mol. The van der Waals surface area contributed by atoms with Crippen LogP contribution in [0.1, 0.15) is 26.3 Å². The van der Waals surface area contributed by atoms with E-state index in [0.29, 0.717) is 19.8 Å².